The van der Waals surface area contributed by atoms with Gasteiger partial charge < -0.3 is 15.2 Å². The number of hydrogen-bond donors (Lipinski definition) is 2. The first-order valence-corrected chi connectivity index (χ1v) is 5.15. The summed E-state index contributed by atoms with van der Waals surface area (Å²) in [4.78, 5) is 21.6. The Hall–Kier alpha value is -1.10. The van der Waals surface area contributed by atoms with Crippen molar-refractivity contribution in [2.24, 2.45) is 5.92 Å². The van der Waals surface area contributed by atoms with Crippen LogP contribution in [-0.4, -0.2) is 36.7 Å². The van der Waals surface area contributed by atoms with E-state index in [1.165, 1.54) is 0 Å². The van der Waals surface area contributed by atoms with Gasteiger partial charge in [0.1, 0.15) is 0 Å². The highest BCUT2D eigenvalue weighted by atomic mass is 16.5. The molecule has 0 saturated heterocycles. The van der Waals surface area contributed by atoms with Crippen LogP contribution in [0.3, 0.4) is 0 Å². The molecule has 0 bridgehead atoms. The Kier molecular flexibility index (Phi) is 7.62. The molecule has 0 aromatic carbocycles. The Balaban J connectivity index is 3.45. The zero-order valence-corrected chi connectivity index (χ0v) is 9.28. The van der Waals surface area contributed by atoms with Crippen LogP contribution in [0.25, 0.3) is 0 Å². The number of hydrogen-bond acceptors (Lipinski definition) is 3. The molecule has 0 aromatic heterocycles. The zero-order chi connectivity index (χ0) is 11.7. The molecular formula is C10H19NO4. The van der Waals surface area contributed by atoms with Crippen LogP contribution < -0.4 is 5.32 Å². The van der Waals surface area contributed by atoms with E-state index in [9.17, 15) is 9.59 Å². The molecule has 0 aromatic rings. The molecular weight excluding hydrogens is 198 g/mol. The predicted molar refractivity (Wildman–Crippen MR) is 55.5 cm³/mol. The molecule has 0 radical (unpaired) electrons. The Morgan fingerprint density at radius 3 is 2.67 bits per heavy atom. The van der Waals surface area contributed by atoms with Crippen molar-refractivity contribution in [1.82, 2.24) is 5.32 Å². The fourth-order valence-corrected chi connectivity index (χ4v) is 0.922. The molecule has 0 fully saturated rings. The average molecular weight is 217 g/mol. The van der Waals surface area contributed by atoms with Crippen molar-refractivity contribution in [2.45, 2.75) is 26.7 Å². The van der Waals surface area contributed by atoms with Crippen molar-refractivity contribution in [2.75, 3.05) is 19.8 Å². The lowest BCUT2D eigenvalue weighted by Crippen LogP contribution is -2.31. The van der Waals surface area contributed by atoms with E-state index in [-0.39, 0.29) is 12.5 Å². The van der Waals surface area contributed by atoms with E-state index in [0.29, 0.717) is 26.1 Å². The molecule has 0 aliphatic rings. The van der Waals surface area contributed by atoms with E-state index in [4.69, 9.17) is 9.84 Å². The largest absolute Gasteiger partial charge is 0.481 e. The van der Waals surface area contributed by atoms with E-state index in [0.717, 1.165) is 0 Å². The maximum absolute atomic E-state index is 11.2. The predicted octanol–water partition coefficient (Wildman–Crippen LogP) is 0.640. The first-order chi connectivity index (χ1) is 7.07. The molecule has 15 heavy (non-hydrogen) atoms. The van der Waals surface area contributed by atoms with Crippen molar-refractivity contribution in [3.8, 4) is 0 Å². The van der Waals surface area contributed by atoms with Gasteiger partial charge in [0.05, 0.1) is 5.92 Å². The van der Waals surface area contributed by atoms with Gasteiger partial charge in [0.15, 0.2) is 0 Å². The highest BCUT2D eigenvalue weighted by Crippen LogP contribution is 1.94. The lowest BCUT2D eigenvalue weighted by atomic mass is 10.2. The van der Waals surface area contributed by atoms with Crippen LogP contribution in [-0.2, 0) is 14.3 Å². The quantitative estimate of drug-likeness (QED) is 0.585. The van der Waals surface area contributed by atoms with Crippen molar-refractivity contribution in [1.29, 1.82) is 0 Å². The number of carbonyl (C=O) groups excluding carboxylic acids is 1. The summed E-state index contributed by atoms with van der Waals surface area (Å²) >= 11 is 0. The van der Waals surface area contributed by atoms with Gasteiger partial charge in [-0.15, -0.1) is 0 Å². The summed E-state index contributed by atoms with van der Waals surface area (Å²) in [5.41, 5.74) is 0. The van der Waals surface area contributed by atoms with E-state index >= 15 is 0 Å². The maximum Gasteiger partial charge on any atom is 0.308 e. The monoisotopic (exact) mass is 217 g/mol. The fraction of sp³-hybridized carbons (Fsp3) is 0.800. The standard InChI is InChI=1S/C10H19NO4/c1-3-15-6-4-5-9(12)11-7-8(2)10(13)14/h8H,3-7H2,1-2H3,(H,11,12)(H,13,14). The third-order valence-corrected chi connectivity index (χ3v) is 1.92. The van der Waals surface area contributed by atoms with Gasteiger partial charge in [-0.3, -0.25) is 9.59 Å². The molecule has 0 aliphatic heterocycles. The van der Waals surface area contributed by atoms with Crippen LogP contribution >= 0.6 is 0 Å². The molecule has 1 atom stereocenters. The van der Waals surface area contributed by atoms with Crippen LogP contribution in [0.1, 0.15) is 26.7 Å². The second-order valence-electron chi connectivity index (χ2n) is 3.34. The van der Waals surface area contributed by atoms with E-state index in [2.05, 4.69) is 5.32 Å². The zero-order valence-electron chi connectivity index (χ0n) is 9.28. The molecule has 0 rings (SSSR count). The minimum Gasteiger partial charge on any atom is -0.481 e. The molecule has 88 valence electrons. The molecule has 0 spiro atoms. The summed E-state index contributed by atoms with van der Waals surface area (Å²) in [5.74, 6) is -1.56. The van der Waals surface area contributed by atoms with Gasteiger partial charge in [0.25, 0.3) is 0 Å². The number of aliphatic carboxylic acids is 1. The minimum atomic E-state index is -0.899. The third-order valence-electron chi connectivity index (χ3n) is 1.92. The summed E-state index contributed by atoms with van der Waals surface area (Å²) in [5, 5.41) is 11.1. The first-order valence-electron chi connectivity index (χ1n) is 5.15. The molecule has 1 unspecified atom stereocenters. The summed E-state index contributed by atoms with van der Waals surface area (Å²) < 4.78 is 5.07. The van der Waals surface area contributed by atoms with Crippen LogP contribution in [0.15, 0.2) is 0 Å². The minimum absolute atomic E-state index is 0.122. The second-order valence-corrected chi connectivity index (χ2v) is 3.34. The Morgan fingerprint density at radius 2 is 2.13 bits per heavy atom. The SMILES string of the molecule is CCOCCCC(=O)NCC(C)C(=O)O. The molecule has 1 amide bonds. The van der Waals surface area contributed by atoms with Gasteiger partial charge in [0.2, 0.25) is 5.91 Å². The fourth-order valence-electron chi connectivity index (χ4n) is 0.922. The summed E-state index contributed by atoms with van der Waals surface area (Å²) in [6, 6.07) is 0. The lowest BCUT2D eigenvalue weighted by molar-refractivity contribution is -0.141. The summed E-state index contributed by atoms with van der Waals surface area (Å²) in [7, 11) is 0. The molecule has 0 heterocycles. The van der Waals surface area contributed by atoms with Crippen molar-refractivity contribution < 1.29 is 19.4 Å². The number of amides is 1. The van der Waals surface area contributed by atoms with Crippen LogP contribution in [0.5, 0.6) is 0 Å². The van der Waals surface area contributed by atoms with Crippen molar-refractivity contribution in [3.05, 3.63) is 0 Å². The molecule has 5 nitrogen and oxygen atoms in total. The van der Waals surface area contributed by atoms with Gasteiger partial charge in [-0.05, 0) is 13.3 Å². The van der Waals surface area contributed by atoms with Crippen molar-refractivity contribution >= 4 is 11.9 Å². The Labute approximate surface area is 89.8 Å². The third kappa shape index (κ3) is 7.93. The molecule has 0 saturated carbocycles. The van der Waals surface area contributed by atoms with Crippen molar-refractivity contribution in [3.63, 3.8) is 0 Å². The number of carbonyl (C=O) groups is 2. The summed E-state index contributed by atoms with van der Waals surface area (Å²) in [6.45, 7) is 4.86. The normalized spacial score (nSPS) is 12.1. The Morgan fingerprint density at radius 1 is 1.47 bits per heavy atom. The first kappa shape index (κ1) is 13.9. The van der Waals surface area contributed by atoms with Crippen LogP contribution in [0.4, 0.5) is 0 Å². The summed E-state index contributed by atoms with van der Waals surface area (Å²) in [6.07, 6.45) is 1.05. The highest BCUT2D eigenvalue weighted by molar-refractivity contribution is 5.77. The molecule has 0 aliphatic carbocycles. The topological polar surface area (TPSA) is 75.6 Å². The highest BCUT2D eigenvalue weighted by Gasteiger charge is 2.11. The number of carboxylic acids is 1. The van der Waals surface area contributed by atoms with Gasteiger partial charge in [-0.1, -0.05) is 6.92 Å². The number of carboxylic acid groups (broad SMARTS) is 1. The maximum atomic E-state index is 11.2. The smallest absolute Gasteiger partial charge is 0.308 e. The average Bonchev–Trinajstić information content (AvgIpc) is 2.20. The van der Waals surface area contributed by atoms with Crippen LogP contribution in [0.2, 0.25) is 0 Å². The number of nitrogens with one attached hydrogen (secondary N) is 1. The van der Waals surface area contributed by atoms with E-state index in [1.54, 1.807) is 6.92 Å². The molecule has 2 N–H and O–H groups in total. The van der Waals surface area contributed by atoms with E-state index in [1.807, 2.05) is 6.92 Å². The van der Waals surface area contributed by atoms with Gasteiger partial charge in [-0.25, -0.2) is 0 Å². The lowest BCUT2D eigenvalue weighted by Gasteiger charge is -2.08. The van der Waals surface area contributed by atoms with Gasteiger partial charge >= 0.3 is 5.97 Å². The molecule has 5 heteroatoms. The van der Waals surface area contributed by atoms with Gasteiger partial charge in [0, 0.05) is 26.2 Å². The Bertz CT molecular complexity index is 206. The second kappa shape index (κ2) is 8.23. The number of rotatable bonds is 8. The number of ether oxygens (including phenoxy) is 1. The van der Waals surface area contributed by atoms with E-state index < -0.39 is 11.9 Å². The van der Waals surface area contributed by atoms with Crippen LogP contribution in [0, 0.1) is 5.92 Å². The van der Waals surface area contributed by atoms with Gasteiger partial charge in [-0.2, -0.15) is 0 Å².